The second-order valence-corrected chi connectivity index (χ2v) is 2.96. The molecule has 2 aromatic rings. The minimum absolute atomic E-state index is 0.740. The summed E-state index contributed by atoms with van der Waals surface area (Å²) >= 11 is 0. The molecule has 0 saturated heterocycles. The SMILES string of the molecule is CO/N=C(/C)c1nc2ccccc2[nH]1. The van der Waals surface area contributed by atoms with E-state index in [9.17, 15) is 0 Å². The lowest BCUT2D eigenvalue weighted by Crippen LogP contribution is -1.97. The van der Waals surface area contributed by atoms with Crippen molar-refractivity contribution in [3.63, 3.8) is 0 Å². The number of fused-ring (bicyclic) bond motifs is 1. The second-order valence-electron chi connectivity index (χ2n) is 2.96. The molecule has 4 nitrogen and oxygen atoms in total. The number of imidazole rings is 1. The van der Waals surface area contributed by atoms with Crippen LogP contribution in [0.3, 0.4) is 0 Å². The van der Waals surface area contributed by atoms with E-state index in [2.05, 4.69) is 20.0 Å². The van der Waals surface area contributed by atoms with E-state index in [-0.39, 0.29) is 0 Å². The van der Waals surface area contributed by atoms with Crippen LogP contribution in [0.2, 0.25) is 0 Å². The van der Waals surface area contributed by atoms with Crippen LogP contribution < -0.4 is 0 Å². The number of H-pyrrole nitrogens is 1. The van der Waals surface area contributed by atoms with Crippen LogP contribution in [0.4, 0.5) is 0 Å². The Morgan fingerprint density at radius 1 is 1.43 bits per heavy atom. The number of benzene rings is 1. The van der Waals surface area contributed by atoms with Crippen LogP contribution in [0.1, 0.15) is 12.7 Å². The summed E-state index contributed by atoms with van der Waals surface area (Å²) in [4.78, 5) is 12.2. The molecule has 0 aliphatic heterocycles. The molecule has 0 amide bonds. The Hall–Kier alpha value is -1.84. The van der Waals surface area contributed by atoms with E-state index in [0.29, 0.717) is 0 Å². The second kappa shape index (κ2) is 3.49. The Morgan fingerprint density at radius 2 is 2.21 bits per heavy atom. The zero-order chi connectivity index (χ0) is 9.97. The molecular weight excluding hydrogens is 178 g/mol. The Labute approximate surface area is 81.6 Å². The van der Waals surface area contributed by atoms with E-state index >= 15 is 0 Å². The molecule has 0 aliphatic carbocycles. The average Bonchev–Trinajstić information content (AvgIpc) is 2.61. The third kappa shape index (κ3) is 1.46. The van der Waals surface area contributed by atoms with Crippen molar-refractivity contribution in [2.75, 3.05) is 7.11 Å². The fourth-order valence-electron chi connectivity index (χ4n) is 1.30. The van der Waals surface area contributed by atoms with E-state index in [1.807, 2.05) is 31.2 Å². The van der Waals surface area contributed by atoms with Crippen LogP contribution >= 0.6 is 0 Å². The molecule has 0 aliphatic rings. The summed E-state index contributed by atoms with van der Waals surface area (Å²) in [7, 11) is 1.52. The first-order valence-electron chi connectivity index (χ1n) is 4.34. The average molecular weight is 189 g/mol. The summed E-state index contributed by atoms with van der Waals surface area (Å²) in [6.07, 6.45) is 0. The van der Waals surface area contributed by atoms with Crippen LogP contribution in [-0.4, -0.2) is 22.8 Å². The summed E-state index contributed by atoms with van der Waals surface area (Å²) in [5.41, 5.74) is 2.69. The van der Waals surface area contributed by atoms with Gasteiger partial charge in [0.25, 0.3) is 0 Å². The number of nitrogens with zero attached hydrogens (tertiary/aromatic N) is 2. The molecule has 4 heteroatoms. The number of hydrogen-bond acceptors (Lipinski definition) is 3. The van der Waals surface area contributed by atoms with Crippen molar-refractivity contribution in [3.8, 4) is 0 Å². The van der Waals surface area contributed by atoms with Gasteiger partial charge in [0.2, 0.25) is 0 Å². The highest BCUT2D eigenvalue weighted by molar-refractivity contribution is 5.97. The number of rotatable bonds is 2. The maximum absolute atomic E-state index is 4.68. The number of aromatic nitrogens is 2. The smallest absolute Gasteiger partial charge is 0.156 e. The fourth-order valence-corrected chi connectivity index (χ4v) is 1.30. The minimum Gasteiger partial charge on any atom is -0.399 e. The molecule has 1 aromatic carbocycles. The van der Waals surface area contributed by atoms with Crippen molar-refractivity contribution < 1.29 is 4.84 Å². The van der Waals surface area contributed by atoms with Gasteiger partial charge in [0.05, 0.1) is 11.0 Å². The van der Waals surface area contributed by atoms with Crippen LogP contribution in [0.25, 0.3) is 11.0 Å². The highest BCUT2D eigenvalue weighted by atomic mass is 16.6. The van der Waals surface area contributed by atoms with Gasteiger partial charge in [-0.1, -0.05) is 17.3 Å². The maximum Gasteiger partial charge on any atom is 0.156 e. The van der Waals surface area contributed by atoms with Gasteiger partial charge in [-0.25, -0.2) is 4.98 Å². The van der Waals surface area contributed by atoms with E-state index < -0.39 is 0 Å². The van der Waals surface area contributed by atoms with E-state index in [1.54, 1.807) is 0 Å². The first-order chi connectivity index (χ1) is 6.81. The van der Waals surface area contributed by atoms with Crippen LogP contribution in [0, 0.1) is 0 Å². The lowest BCUT2D eigenvalue weighted by Gasteiger charge is -1.92. The quantitative estimate of drug-likeness (QED) is 0.579. The number of para-hydroxylation sites is 2. The van der Waals surface area contributed by atoms with Crippen molar-refractivity contribution in [3.05, 3.63) is 30.1 Å². The molecule has 14 heavy (non-hydrogen) atoms. The topological polar surface area (TPSA) is 50.3 Å². The Kier molecular flexibility index (Phi) is 2.18. The lowest BCUT2D eigenvalue weighted by atomic mass is 10.3. The predicted octanol–water partition coefficient (Wildman–Crippen LogP) is 1.93. The molecule has 2 rings (SSSR count). The number of aromatic amines is 1. The highest BCUT2D eigenvalue weighted by Crippen LogP contribution is 2.10. The minimum atomic E-state index is 0.740. The Morgan fingerprint density at radius 3 is 2.93 bits per heavy atom. The fraction of sp³-hybridized carbons (Fsp3) is 0.200. The van der Waals surface area contributed by atoms with Gasteiger partial charge in [-0.15, -0.1) is 0 Å². The van der Waals surface area contributed by atoms with Gasteiger partial charge >= 0.3 is 0 Å². The lowest BCUT2D eigenvalue weighted by molar-refractivity contribution is 0.213. The summed E-state index contributed by atoms with van der Waals surface area (Å²) in [6, 6.07) is 7.85. The standard InChI is InChI=1S/C10H11N3O/c1-7(13-14-2)10-11-8-5-3-4-6-9(8)12-10/h3-6H,1-2H3,(H,11,12)/b13-7-. The van der Waals surface area contributed by atoms with Crippen molar-refractivity contribution >= 4 is 16.7 Å². The van der Waals surface area contributed by atoms with Crippen molar-refractivity contribution in [1.82, 2.24) is 9.97 Å². The van der Waals surface area contributed by atoms with E-state index in [0.717, 1.165) is 22.6 Å². The summed E-state index contributed by atoms with van der Waals surface area (Å²) in [5.74, 6) is 0.744. The number of oxime groups is 1. The molecule has 72 valence electrons. The van der Waals surface area contributed by atoms with Gasteiger partial charge in [-0.3, -0.25) is 0 Å². The first kappa shape index (κ1) is 8.74. The molecule has 1 heterocycles. The van der Waals surface area contributed by atoms with Crippen LogP contribution in [-0.2, 0) is 4.84 Å². The van der Waals surface area contributed by atoms with Gasteiger partial charge in [0.15, 0.2) is 5.82 Å². The van der Waals surface area contributed by atoms with Gasteiger partial charge in [0.1, 0.15) is 12.8 Å². The van der Waals surface area contributed by atoms with Crippen molar-refractivity contribution in [2.24, 2.45) is 5.16 Å². The molecule has 0 unspecified atom stereocenters. The van der Waals surface area contributed by atoms with Crippen molar-refractivity contribution in [2.45, 2.75) is 6.92 Å². The molecule has 1 aromatic heterocycles. The van der Waals surface area contributed by atoms with Gasteiger partial charge < -0.3 is 9.82 Å². The van der Waals surface area contributed by atoms with Gasteiger partial charge in [0, 0.05) is 0 Å². The summed E-state index contributed by atoms with van der Waals surface area (Å²) < 4.78 is 0. The first-order valence-corrected chi connectivity index (χ1v) is 4.34. The molecule has 0 saturated carbocycles. The molecule has 1 N–H and O–H groups in total. The molecule has 0 radical (unpaired) electrons. The normalized spacial score (nSPS) is 12.0. The zero-order valence-corrected chi connectivity index (χ0v) is 8.11. The summed E-state index contributed by atoms with van der Waals surface area (Å²) in [6.45, 7) is 1.85. The Bertz CT molecular complexity index is 440. The van der Waals surface area contributed by atoms with Crippen LogP contribution in [0.15, 0.2) is 29.4 Å². The summed E-state index contributed by atoms with van der Waals surface area (Å²) in [5, 5.41) is 3.81. The third-order valence-electron chi connectivity index (χ3n) is 1.96. The maximum atomic E-state index is 4.68. The highest BCUT2D eigenvalue weighted by Gasteiger charge is 2.04. The molecule has 0 fully saturated rings. The van der Waals surface area contributed by atoms with Crippen LogP contribution in [0.5, 0.6) is 0 Å². The monoisotopic (exact) mass is 189 g/mol. The van der Waals surface area contributed by atoms with E-state index in [1.165, 1.54) is 7.11 Å². The molecular formula is C10H11N3O. The third-order valence-corrected chi connectivity index (χ3v) is 1.96. The van der Waals surface area contributed by atoms with Gasteiger partial charge in [-0.2, -0.15) is 0 Å². The molecule has 0 atom stereocenters. The largest absolute Gasteiger partial charge is 0.399 e. The Balaban J connectivity index is 2.50. The van der Waals surface area contributed by atoms with Gasteiger partial charge in [-0.05, 0) is 19.1 Å². The van der Waals surface area contributed by atoms with Crippen molar-refractivity contribution in [1.29, 1.82) is 0 Å². The molecule has 0 spiro atoms. The molecule has 0 bridgehead atoms. The van der Waals surface area contributed by atoms with E-state index in [4.69, 9.17) is 0 Å². The predicted molar refractivity (Wildman–Crippen MR) is 55.3 cm³/mol. The zero-order valence-electron chi connectivity index (χ0n) is 8.11. The number of hydrogen-bond donors (Lipinski definition) is 1. The number of nitrogens with one attached hydrogen (secondary N) is 1.